The van der Waals surface area contributed by atoms with Crippen LogP contribution in [0.15, 0.2) is 0 Å². The van der Waals surface area contributed by atoms with Gasteiger partial charge in [0.2, 0.25) is 0 Å². The lowest BCUT2D eigenvalue weighted by atomic mass is 10.1. The monoisotopic (exact) mass is 192 g/mol. The van der Waals surface area contributed by atoms with Gasteiger partial charge >= 0.3 is 0 Å². The van der Waals surface area contributed by atoms with Crippen LogP contribution in [0.4, 0.5) is 0 Å². The van der Waals surface area contributed by atoms with E-state index in [4.69, 9.17) is 15.0 Å². The van der Waals surface area contributed by atoms with E-state index in [1.54, 1.807) is 6.92 Å². The Morgan fingerprint density at radius 3 is 1.54 bits per heavy atom. The van der Waals surface area contributed by atoms with Crippen molar-refractivity contribution in [1.82, 2.24) is 0 Å². The number of carbonyl (C=O) groups is 1. The summed E-state index contributed by atoms with van der Waals surface area (Å²) >= 11 is 0. The fraction of sp³-hybridized carbons (Fsp3) is 0.900. The molecule has 0 saturated carbocycles. The van der Waals surface area contributed by atoms with Crippen LogP contribution >= 0.6 is 0 Å². The minimum Gasteiger partial charge on any atom is -0.481 e. The number of aliphatic hydroxyl groups excluding tert-OH is 1. The number of rotatable bonds is 2. The zero-order valence-electron chi connectivity index (χ0n) is 9.50. The van der Waals surface area contributed by atoms with Crippen LogP contribution in [-0.2, 0) is 4.79 Å². The predicted molar refractivity (Wildman–Crippen MR) is 55.8 cm³/mol. The smallest absolute Gasteiger partial charge is 0.300 e. The van der Waals surface area contributed by atoms with Gasteiger partial charge in [0.1, 0.15) is 0 Å². The van der Waals surface area contributed by atoms with Crippen LogP contribution in [-0.4, -0.2) is 22.8 Å². The molecule has 0 bridgehead atoms. The molecule has 0 fully saturated rings. The first-order valence-corrected chi connectivity index (χ1v) is 4.72. The normalized spacial score (nSPS) is 7.92. The third kappa shape index (κ3) is 172. The molecule has 0 saturated heterocycles. The Morgan fingerprint density at radius 2 is 1.54 bits per heavy atom. The van der Waals surface area contributed by atoms with E-state index in [1.807, 2.05) is 0 Å². The van der Waals surface area contributed by atoms with E-state index in [9.17, 15) is 0 Å². The van der Waals surface area contributed by atoms with Gasteiger partial charge in [0.25, 0.3) is 5.97 Å². The topological polar surface area (TPSA) is 57.5 Å². The van der Waals surface area contributed by atoms with Gasteiger partial charge < -0.3 is 10.2 Å². The molecule has 0 spiro atoms. The Morgan fingerprint density at radius 1 is 1.31 bits per heavy atom. The Bertz CT molecular complexity index is 86.2. The molecule has 0 amide bonds. The number of hydrogen-bond donors (Lipinski definition) is 2. The third-order valence-electron chi connectivity index (χ3n) is 0.866. The molecule has 0 radical (unpaired) electrons. The first-order chi connectivity index (χ1) is 5.92. The molecule has 82 valence electrons. The fourth-order valence-corrected chi connectivity index (χ4v) is 0.577. The SMILES string of the molecule is CC(=O)O.CCCC(C)C.CCO. The van der Waals surface area contributed by atoms with E-state index in [0.717, 1.165) is 12.8 Å². The highest BCUT2D eigenvalue weighted by Crippen LogP contribution is 2.00. The number of carboxylic acid groups (broad SMARTS) is 1. The summed E-state index contributed by atoms with van der Waals surface area (Å²) in [4.78, 5) is 9.00. The van der Waals surface area contributed by atoms with Crippen molar-refractivity contribution < 1.29 is 15.0 Å². The number of carboxylic acids is 1. The van der Waals surface area contributed by atoms with Crippen LogP contribution in [0.1, 0.15) is 47.5 Å². The second-order valence-electron chi connectivity index (χ2n) is 3.02. The summed E-state index contributed by atoms with van der Waals surface area (Å²) in [6.07, 6.45) is 2.71. The maximum Gasteiger partial charge on any atom is 0.300 e. The van der Waals surface area contributed by atoms with E-state index >= 15 is 0 Å². The van der Waals surface area contributed by atoms with Crippen LogP contribution < -0.4 is 0 Å². The van der Waals surface area contributed by atoms with Gasteiger partial charge in [-0.05, 0) is 12.8 Å². The van der Waals surface area contributed by atoms with E-state index in [-0.39, 0.29) is 6.61 Å². The lowest BCUT2D eigenvalue weighted by molar-refractivity contribution is -0.134. The molecule has 0 rings (SSSR count). The summed E-state index contributed by atoms with van der Waals surface area (Å²) in [6.45, 7) is 9.74. The van der Waals surface area contributed by atoms with E-state index in [2.05, 4.69) is 20.8 Å². The molecule has 0 aliphatic rings. The summed E-state index contributed by atoms with van der Waals surface area (Å²) in [5.74, 6) is 0.0648. The number of hydrogen-bond acceptors (Lipinski definition) is 2. The summed E-state index contributed by atoms with van der Waals surface area (Å²) in [7, 11) is 0. The van der Waals surface area contributed by atoms with Crippen molar-refractivity contribution in [2.24, 2.45) is 5.92 Å². The minimum absolute atomic E-state index is 0.250. The largest absolute Gasteiger partial charge is 0.481 e. The minimum atomic E-state index is -0.833. The van der Waals surface area contributed by atoms with E-state index in [1.165, 1.54) is 12.8 Å². The van der Waals surface area contributed by atoms with Crippen molar-refractivity contribution in [3.8, 4) is 0 Å². The van der Waals surface area contributed by atoms with E-state index < -0.39 is 5.97 Å². The predicted octanol–water partition coefficient (Wildman–Crippen LogP) is 2.53. The van der Waals surface area contributed by atoms with Gasteiger partial charge in [0.05, 0.1) is 0 Å². The first-order valence-electron chi connectivity index (χ1n) is 4.72. The molecule has 0 atom stereocenters. The Labute approximate surface area is 81.8 Å². The molecular weight excluding hydrogens is 168 g/mol. The average molecular weight is 192 g/mol. The molecule has 0 aromatic heterocycles. The van der Waals surface area contributed by atoms with Gasteiger partial charge in [0.15, 0.2) is 0 Å². The van der Waals surface area contributed by atoms with Crippen molar-refractivity contribution >= 4 is 5.97 Å². The van der Waals surface area contributed by atoms with Gasteiger partial charge in [-0.25, -0.2) is 0 Å². The molecular formula is C10H24O3. The van der Waals surface area contributed by atoms with Crippen molar-refractivity contribution in [2.45, 2.75) is 47.5 Å². The zero-order valence-corrected chi connectivity index (χ0v) is 9.50. The molecule has 0 aromatic rings. The van der Waals surface area contributed by atoms with Crippen molar-refractivity contribution in [3.63, 3.8) is 0 Å². The summed E-state index contributed by atoms with van der Waals surface area (Å²) in [5.41, 5.74) is 0. The fourth-order valence-electron chi connectivity index (χ4n) is 0.577. The highest BCUT2D eigenvalue weighted by atomic mass is 16.4. The van der Waals surface area contributed by atoms with Gasteiger partial charge in [-0.2, -0.15) is 0 Å². The first kappa shape index (κ1) is 18.3. The molecule has 0 unspecified atom stereocenters. The van der Waals surface area contributed by atoms with Crippen molar-refractivity contribution in [3.05, 3.63) is 0 Å². The van der Waals surface area contributed by atoms with Crippen LogP contribution in [0.3, 0.4) is 0 Å². The lowest BCUT2D eigenvalue weighted by Gasteiger charge is -1.95. The third-order valence-corrected chi connectivity index (χ3v) is 0.866. The standard InChI is InChI=1S/C6H14.C2H4O2.C2H6O/c1-4-5-6(2)3;1-2(3)4;1-2-3/h6H,4-5H2,1-3H3;1H3,(H,3,4);3H,2H2,1H3. The summed E-state index contributed by atoms with van der Waals surface area (Å²) < 4.78 is 0. The molecule has 13 heavy (non-hydrogen) atoms. The van der Waals surface area contributed by atoms with Crippen LogP contribution in [0.2, 0.25) is 0 Å². The second-order valence-corrected chi connectivity index (χ2v) is 3.02. The highest BCUT2D eigenvalue weighted by Gasteiger charge is 1.85. The number of aliphatic hydroxyl groups is 1. The second kappa shape index (κ2) is 17.5. The lowest BCUT2D eigenvalue weighted by Crippen LogP contribution is -1.81. The molecule has 0 aliphatic heterocycles. The van der Waals surface area contributed by atoms with Gasteiger partial charge in [-0.3, -0.25) is 4.79 Å². The molecule has 2 N–H and O–H groups in total. The quantitative estimate of drug-likeness (QED) is 0.707. The average Bonchev–Trinajstić information content (AvgIpc) is 1.86. The van der Waals surface area contributed by atoms with Crippen LogP contribution in [0.5, 0.6) is 0 Å². The Balaban J connectivity index is -0.000000125. The molecule has 0 aliphatic carbocycles. The van der Waals surface area contributed by atoms with E-state index in [0.29, 0.717) is 0 Å². The molecule has 3 heteroatoms. The van der Waals surface area contributed by atoms with Crippen molar-refractivity contribution in [1.29, 1.82) is 0 Å². The van der Waals surface area contributed by atoms with Crippen LogP contribution in [0.25, 0.3) is 0 Å². The van der Waals surface area contributed by atoms with Gasteiger partial charge in [-0.1, -0.05) is 33.6 Å². The van der Waals surface area contributed by atoms with Crippen LogP contribution in [0, 0.1) is 5.92 Å². The molecule has 0 heterocycles. The van der Waals surface area contributed by atoms with Gasteiger partial charge in [0, 0.05) is 13.5 Å². The Hall–Kier alpha value is -0.570. The molecule has 0 aromatic carbocycles. The van der Waals surface area contributed by atoms with Gasteiger partial charge in [-0.15, -0.1) is 0 Å². The Kier molecular flexibility index (Phi) is 24.6. The zero-order chi connectivity index (χ0) is 11.3. The number of aliphatic carboxylic acids is 1. The maximum absolute atomic E-state index is 9.00. The highest BCUT2D eigenvalue weighted by molar-refractivity contribution is 5.62. The summed E-state index contributed by atoms with van der Waals surface area (Å²) in [6, 6.07) is 0. The van der Waals surface area contributed by atoms with Crippen molar-refractivity contribution in [2.75, 3.05) is 6.61 Å². The maximum atomic E-state index is 9.00. The summed E-state index contributed by atoms with van der Waals surface area (Å²) in [5, 5.41) is 15.0. The molecule has 3 nitrogen and oxygen atoms in total.